The van der Waals surface area contributed by atoms with Crippen LogP contribution < -0.4 is 0 Å². The molecule has 0 heterocycles. The highest BCUT2D eigenvalue weighted by atomic mass is 19.2. The molecule has 3 heteroatoms. The highest BCUT2D eigenvalue weighted by molar-refractivity contribution is 5.73. The van der Waals surface area contributed by atoms with Crippen LogP contribution in [-0.4, -0.2) is 0 Å². The van der Waals surface area contributed by atoms with Crippen molar-refractivity contribution in [3.8, 4) is 29.0 Å². The van der Waals surface area contributed by atoms with Gasteiger partial charge in [-0.2, -0.15) is 5.26 Å². The highest BCUT2D eigenvalue weighted by Crippen LogP contribution is 2.29. The van der Waals surface area contributed by atoms with Crippen molar-refractivity contribution in [3.63, 3.8) is 0 Å². The molecule has 0 atom stereocenters. The summed E-state index contributed by atoms with van der Waals surface area (Å²) >= 11 is 0. The predicted octanol–water partition coefficient (Wildman–Crippen LogP) is 5.47. The van der Waals surface area contributed by atoms with E-state index in [0.717, 1.165) is 12.0 Å². The molecule has 3 aromatic carbocycles. The Labute approximate surface area is 151 Å². The first-order chi connectivity index (χ1) is 12.6. The van der Waals surface area contributed by atoms with Gasteiger partial charge in [-0.3, -0.25) is 0 Å². The van der Waals surface area contributed by atoms with Crippen molar-refractivity contribution in [2.75, 3.05) is 0 Å². The van der Waals surface area contributed by atoms with Crippen LogP contribution in [0.3, 0.4) is 0 Å². The van der Waals surface area contributed by atoms with Crippen LogP contribution in [0.15, 0.2) is 60.7 Å². The van der Waals surface area contributed by atoms with Gasteiger partial charge in [0.2, 0.25) is 0 Å². The summed E-state index contributed by atoms with van der Waals surface area (Å²) in [6.07, 6.45) is 0.872. The molecule has 0 spiro atoms. The molecule has 0 saturated heterocycles. The molecule has 0 saturated carbocycles. The lowest BCUT2D eigenvalue weighted by Gasteiger charge is -2.09. The average molecular weight is 343 g/mol. The molecule has 0 aliphatic heterocycles. The Balaban J connectivity index is 2.14. The van der Waals surface area contributed by atoms with Gasteiger partial charge < -0.3 is 0 Å². The fourth-order valence-corrected chi connectivity index (χ4v) is 2.64. The summed E-state index contributed by atoms with van der Waals surface area (Å²) in [5, 5.41) is 9.29. The zero-order valence-corrected chi connectivity index (χ0v) is 14.2. The van der Waals surface area contributed by atoms with E-state index in [1.807, 2.05) is 37.3 Å². The van der Waals surface area contributed by atoms with E-state index in [-0.39, 0.29) is 11.1 Å². The van der Waals surface area contributed by atoms with Crippen molar-refractivity contribution < 1.29 is 8.78 Å². The molecule has 1 nitrogen and oxygen atoms in total. The Kier molecular flexibility index (Phi) is 5.11. The summed E-state index contributed by atoms with van der Waals surface area (Å²) in [6.45, 7) is 2.03. The Morgan fingerprint density at radius 2 is 1.58 bits per heavy atom. The Morgan fingerprint density at radius 3 is 2.19 bits per heavy atom. The second-order valence-electron chi connectivity index (χ2n) is 5.75. The number of nitrogens with zero attached hydrogens (tertiary/aromatic N) is 1. The van der Waals surface area contributed by atoms with Crippen molar-refractivity contribution in [1.29, 1.82) is 5.26 Å². The Morgan fingerprint density at radius 1 is 0.885 bits per heavy atom. The molecule has 0 radical (unpaired) electrons. The first-order valence-electron chi connectivity index (χ1n) is 8.22. The number of rotatable bonds is 2. The Hall–Kier alpha value is -3.43. The molecular formula is C23H15F2N. The van der Waals surface area contributed by atoms with Crippen LogP contribution in [0.4, 0.5) is 8.78 Å². The van der Waals surface area contributed by atoms with E-state index in [2.05, 4.69) is 11.8 Å². The smallest absolute Gasteiger partial charge is 0.178 e. The summed E-state index contributed by atoms with van der Waals surface area (Å²) in [5.74, 6) is 3.24. The summed E-state index contributed by atoms with van der Waals surface area (Å²) < 4.78 is 28.8. The third-order valence-electron chi connectivity index (χ3n) is 4.11. The van der Waals surface area contributed by atoms with Gasteiger partial charge in [-0.25, -0.2) is 8.78 Å². The van der Waals surface area contributed by atoms with Gasteiger partial charge in [-0.1, -0.05) is 61.2 Å². The van der Waals surface area contributed by atoms with E-state index < -0.39 is 11.6 Å². The van der Waals surface area contributed by atoms with Crippen molar-refractivity contribution >= 4 is 0 Å². The number of hydrogen-bond donors (Lipinski definition) is 0. The van der Waals surface area contributed by atoms with E-state index in [0.29, 0.717) is 16.7 Å². The number of nitriles is 1. The number of benzene rings is 3. The van der Waals surface area contributed by atoms with Crippen LogP contribution in [0.5, 0.6) is 0 Å². The van der Waals surface area contributed by atoms with Gasteiger partial charge >= 0.3 is 0 Å². The Bertz CT molecular complexity index is 1030. The minimum absolute atomic E-state index is 0.0695. The second kappa shape index (κ2) is 7.64. The van der Waals surface area contributed by atoms with Crippen molar-refractivity contribution in [2.45, 2.75) is 13.3 Å². The highest BCUT2D eigenvalue weighted by Gasteiger charge is 2.18. The quantitative estimate of drug-likeness (QED) is 0.566. The second-order valence-corrected chi connectivity index (χ2v) is 5.75. The first kappa shape index (κ1) is 17.4. The van der Waals surface area contributed by atoms with Crippen LogP contribution in [-0.2, 0) is 6.42 Å². The third kappa shape index (κ3) is 3.48. The van der Waals surface area contributed by atoms with Crippen LogP contribution in [0.1, 0.15) is 29.2 Å². The minimum atomic E-state index is -1.16. The van der Waals surface area contributed by atoms with Crippen LogP contribution >= 0.6 is 0 Å². The van der Waals surface area contributed by atoms with Crippen LogP contribution in [0, 0.1) is 34.8 Å². The molecule has 0 bridgehead atoms. The fourth-order valence-electron chi connectivity index (χ4n) is 2.64. The van der Waals surface area contributed by atoms with Gasteiger partial charge in [0.1, 0.15) is 6.07 Å². The molecule has 0 aromatic heterocycles. The van der Waals surface area contributed by atoms with Gasteiger partial charge in [0.15, 0.2) is 11.6 Å². The summed E-state index contributed by atoms with van der Waals surface area (Å²) in [5.41, 5.74) is 2.44. The maximum absolute atomic E-state index is 14.4. The third-order valence-corrected chi connectivity index (χ3v) is 4.11. The van der Waals surface area contributed by atoms with E-state index in [1.54, 1.807) is 30.3 Å². The van der Waals surface area contributed by atoms with Gasteiger partial charge in [0, 0.05) is 11.1 Å². The van der Waals surface area contributed by atoms with E-state index in [1.165, 1.54) is 6.07 Å². The maximum atomic E-state index is 14.4. The molecule has 3 rings (SSSR count). The van der Waals surface area contributed by atoms with Crippen LogP contribution in [0.2, 0.25) is 0 Å². The number of halogens is 2. The first-order valence-corrected chi connectivity index (χ1v) is 8.22. The zero-order valence-electron chi connectivity index (χ0n) is 14.2. The van der Waals surface area contributed by atoms with Crippen molar-refractivity contribution in [3.05, 3.63) is 94.6 Å². The minimum Gasteiger partial charge on any atom is -0.202 e. The topological polar surface area (TPSA) is 23.8 Å². The van der Waals surface area contributed by atoms with E-state index in [9.17, 15) is 14.0 Å². The lowest BCUT2D eigenvalue weighted by molar-refractivity contribution is 0.504. The molecular weight excluding hydrogens is 328 g/mol. The van der Waals surface area contributed by atoms with Crippen molar-refractivity contribution in [2.24, 2.45) is 0 Å². The molecule has 0 N–H and O–H groups in total. The lowest BCUT2D eigenvalue weighted by atomic mass is 9.95. The fraction of sp³-hybridized carbons (Fsp3) is 0.0870. The van der Waals surface area contributed by atoms with Crippen molar-refractivity contribution in [1.82, 2.24) is 0 Å². The molecule has 0 amide bonds. The number of hydrogen-bond acceptors (Lipinski definition) is 1. The molecule has 3 aromatic rings. The molecule has 126 valence electrons. The standard InChI is InChI=1S/C23H15F2N/c1-2-16-8-11-18(12-9-16)20-14-19(22(24)23(25)21(20)15-26)13-10-17-6-4-3-5-7-17/h3-9,11-12,14H,2H2,1H3. The molecule has 26 heavy (non-hydrogen) atoms. The summed E-state index contributed by atoms with van der Waals surface area (Å²) in [6, 6.07) is 19.7. The van der Waals surface area contributed by atoms with Gasteiger partial charge in [-0.05, 0) is 35.7 Å². The van der Waals surface area contributed by atoms with Gasteiger partial charge in [0.25, 0.3) is 0 Å². The molecule has 0 unspecified atom stereocenters. The summed E-state index contributed by atoms with van der Waals surface area (Å²) in [4.78, 5) is 0. The zero-order chi connectivity index (χ0) is 18.5. The predicted molar refractivity (Wildman–Crippen MR) is 98.3 cm³/mol. The monoisotopic (exact) mass is 343 g/mol. The average Bonchev–Trinajstić information content (AvgIpc) is 2.70. The molecule has 0 fully saturated rings. The van der Waals surface area contributed by atoms with E-state index in [4.69, 9.17) is 0 Å². The molecule has 0 aliphatic carbocycles. The number of aryl methyl sites for hydroxylation is 1. The lowest BCUT2D eigenvalue weighted by Crippen LogP contribution is -1.98. The van der Waals surface area contributed by atoms with E-state index >= 15 is 0 Å². The maximum Gasteiger partial charge on any atom is 0.178 e. The SMILES string of the molecule is CCc1ccc(-c2cc(C#Cc3ccccc3)c(F)c(F)c2C#N)cc1. The van der Waals surface area contributed by atoms with Crippen LogP contribution in [0.25, 0.3) is 11.1 Å². The largest absolute Gasteiger partial charge is 0.202 e. The van der Waals surface area contributed by atoms with Gasteiger partial charge in [-0.15, -0.1) is 0 Å². The molecule has 0 aliphatic rings. The summed E-state index contributed by atoms with van der Waals surface area (Å²) in [7, 11) is 0. The van der Waals surface area contributed by atoms with Gasteiger partial charge in [0.05, 0.1) is 11.1 Å². The normalized spacial score (nSPS) is 9.92.